The summed E-state index contributed by atoms with van der Waals surface area (Å²) < 4.78 is 10.7. The summed E-state index contributed by atoms with van der Waals surface area (Å²) in [6.07, 6.45) is 0.202. The van der Waals surface area contributed by atoms with E-state index >= 15 is 0 Å². The number of rotatable bonds is 10. The van der Waals surface area contributed by atoms with Crippen LogP contribution in [0.1, 0.15) is 37.1 Å². The minimum atomic E-state index is -1.54. The van der Waals surface area contributed by atoms with E-state index in [1.54, 1.807) is 12.1 Å². The Kier molecular flexibility index (Phi) is 8.63. The predicted octanol–water partition coefficient (Wildman–Crippen LogP) is 5.02. The number of amides is 2. The number of hydrogen-bond donors (Lipinski definition) is 4. The molecule has 0 bridgehead atoms. The zero-order valence-electron chi connectivity index (χ0n) is 26.9. The summed E-state index contributed by atoms with van der Waals surface area (Å²) in [4.78, 5) is 46.0. The Bertz CT molecular complexity index is 1630. The van der Waals surface area contributed by atoms with Crippen molar-refractivity contribution in [1.82, 2.24) is 15.2 Å². The van der Waals surface area contributed by atoms with Crippen LogP contribution in [-0.2, 0) is 36.5 Å². The maximum atomic E-state index is 14.7. The molecule has 1 saturated heterocycles. The molecular formula is C34H44N4O6Si. The summed E-state index contributed by atoms with van der Waals surface area (Å²) >= 11 is 0. The Hall–Kier alpha value is -4.09. The third kappa shape index (κ3) is 6.11. The number of benzene rings is 2. The van der Waals surface area contributed by atoms with Crippen molar-refractivity contribution in [3.63, 3.8) is 0 Å². The fourth-order valence-corrected chi connectivity index (χ4v) is 7.11. The van der Waals surface area contributed by atoms with Crippen molar-refractivity contribution in [3.05, 3.63) is 78.0 Å². The van der Waals surface area contributed by atoms with Crippen molar-refractivity contribution >= 4 is 42.6 Å². The van der Waals surface area contributed by atoms with Crippen LogP contribution in [0.5, 0.6) is 0 Å². The number of hydrogen-bond acceptors (Lipinski definition) is 7. The fourth-order valence-electron chi connectivity index (χ4n) is 6.39. The number of likely N-dealkylation sites (tertiary alicyclic amines) is 1. The number of esters is 1. The number of ether oxygens (including phenoxy) is 2. The number of carbonyl (C=O) groups excluding carboxylic acids is 3. The Morgan fingerprint density at radius 2 is 1.87 bits per heavy atom. The molecule has 1 fully saturated rings. The molecule has 4 N–H and O–H groups in total. The summed E-state index contributed by atoms with van der Waals surface area (Å²) in [7, 11) is -0.228. The highest BCUT2D eigenvalue weighted by molar-refractivity contribution is 6.76. The number of para-hydroxylation sites is 2. The van der Waals surface area contributed by atoms with E-state index in [-0.39, 0.29) is 19.4 Å². The van der Waals surface area contributed by atoms with E-state index < -0.39 is 55.3 Å². The van der Waals surface area contributed by atoms with Crippen LogP contribution in [0.2, 0.25) is 25.7 Å². The lowest BCUT2D eigenvalue weighted by Gasteiger charge is -2.33. The number of alkyl carbamates (subject to hydrolysis) is 1. The molecule has 10 nitrogen and oxygen atoms in total. The van der Waals surface area contributed by atoms with Gasteiger partial charge in [-0.1, -0.05) is 76.0 Å². The van der Waals surface area contributed by atoms with Crippen molar-refractivity contribution in [2.75, 3.05) is 19.0 Å². The molecule has 0 unspecified atom stereocenters. The van der Waals surface area contributed by atoms with Gasteiger partial charge in [-0.3, -0.25) is 4.79 Å². The average molecular weight is 633 g/mol. The normalized spacial score (nSPS) is 21.4. The number of aliphatic hydroxyl groups is 1. The molecule has 1 aromatic heterocycles. The van der Waals surface area contributed by atoms with E-state index in [1.807, 2.05) is 56.3 Å². The highest BCUT2D eigenvalue weighted by Crippen LogP contribution is 2.49. The summed E-state index contributed by atoms with van der Waals surface area (Å²) in [5.74, 6) is -1.19. The number of fused-ring (bicyclic) bond motifs is 4. The van der Waals surface area contributed by atoms with E-state index in [4.69, 9.17) is 9.47 Å². The van der Waals surface area contributed by atoms with Crippen LogP contribution in [0.25, 0.3) is 10.9 Å². The first-order valence-electron chi connectivity index (χ1n) is 15.4. The number of methoxy groups -OCH3 is 1. The SMILES string of the molecule is C=CC(C)(C)c1[nH]c2ccccc2c1C[C@H](NC(=O)OCC[Si](C)(C)C)C(=O)N1[C@H]2Nc3ccccc3[C@@]2(O)C[C@H]1C(=O)OC. The van der Waals surface area contributed by atoms with Gasteiger partial charge in [-0.2, -0.15) is 0 Å². The number of nitrogens with zero attached hydrogens (tertiary/aromatic N) is 1. The molecule has 0 radical (unpaired) electrons. The zero-order valence-corrected chi connectivity index (χ0v) is 27.9. The van der Waals surface area contributed by atoms with Crippen molar-refractivity contribution in [2.24, 2.45) is 0 Å². The first kappa shape index (κ1) is 32.3. The second kappa shape index (κ2) is 12.0. The van der Waals surface area contributed by atoms with Gasteiger partial charge in [-0.15, -0.1) is 6.58 Å². The van der Waals surface area contributed by atoms with Crippen molar-refractivity contribution in [2.45, 2.75) is 81.6 Å². The second-order valence-electron chi connectivity index (χ2n) is 13.8. The molecule has 3 heterocycles. The number of aromatic amines is 1. The number of nitrogens with one attached hydrogen (secondary N) is 3. The standard InChI is InChI=1S/C34H44N4O6Si/c1-8-33(2,3)28-22(21-13-9-11-15-24(21)35-28)19-26(37-32(41)44-17-18-45(5,6)7)29(39)38-27(30(40)43-4)20-34(42)23-14-10-12-16-25(23)36-31(34)38/h8-16,26-27,31,35-36,42H,1,17-20H2,2-7H3,(H,37,41)/t26-,27-,31+,34-/m0/s1. The van der Waals surface area contributed by atoms with Gasteiger partial charge >= 0.3 is 12.1 Å². The van der Waals surface area contributed by atoms with Gasteiger partial charge in [0.2, 0.25) is 5.91 Å². The Morgan fingerprint density at radius 1 is 1.18 bits per heavy atom. The number of H-pyrrole nitrogens is 1. The molecule has 5 rings (SSSR count). The summed E-state index contributed by atoms with van der Waals surface area (Å²) in [5.41, 5.74) is 1.83. The van der Waals surface area contributed by atoms with Crippen LogP contribution >= 0.6 is 0 Å². The van der Waals surface area contributed by atoms with Gasteiger partial charge in [0, 0.05) is 54.2 Å². The lowest BCUT2D eigenvalue weighted by atomic mass is 9.85. The topological polar surface area (TPSA) is 133 Å². The molecule has 45 heavy (non-hydrogen) atoms. The summed E-state index contributed by atoms with van der Waals surface area (Å²) in [5, 5.41) is 19.0. The van der Waals surface area contributed by atoms with Crippen LogP contribution in [-0.4, -0.2) is 73.0 Å². The van der Waals surface area contributed by atoms with E-state index in [0.29, 0.717) is 11.3 Å². The maximum absolute atomic E-state index is 14.7. The quantitative estimate of drug-likeness (QED) is 0.140. The largest absolute Gasteiger partial charge is 0.467 e. The molecule has 3 aromatic rings. The molecule has 2 aliphatic heterocycles. The third-order valence-corrected chi connectivity index (χ3v) is 10.7. The molecule has 240 valence electrons. The molecule has 0 spiro atoms. The van der Waals surface area contributed by atoms with Crippen molar-refractivity contribution < 1.29 is 29.0 Å². The van der Waals surface area contributed by atoms with Crippen LogP contribution in [0.4, 0.5) is 10.5 Å². The maximum Gasteiger partial charge on any atom is 0.407 e. The van der Waals surface area contributed by atoms with E-state index in [2.05, 4.69) is 41.8 Å². The lowest BCUT2D eigenvalue weighted by Crippen LogP contribution is -2.57. The Labute approximate surface area is 265 Å². The van der Waals surface area contributed by atoms with Gasteiger partial charge < -0.3 is 35.1 Å². The first-order chi connectivity index (χ1) is 21.2. The molecular weight excluding hydrogens is 588 g/mol. The Balaban J connectivity index is 1.56. The molecule has 2 aromatic carbocycles. The minimum Gasteiger partial charge on any atom is -0.467 e. The highest BCUT2D eigenvalue weighted by Gasteiger charge is 2.61. The highest BCUT2D eigenvalue weighted by atomic mass is 28.3. The van der Waals surface area contributed by atoms with Gasteiger partial charge in [-0.25, -0.2) is 9.59 Å². The molecule has 4 atom stereocenters. The van der Waals surface area contributed by atoms with Gasteiger partial charge in [0.15, 0.2) is 0 Å². The molecule has 11 heteroatoms. The number of allylic oxidation sites excluding steroid dienone is 1. The van der Waals surface area contributed by atoms with Crippen molar-refractivity contribution in [3.8, 4) is 0 Å². The smallest absolute Gasteiger partial charge is 0.407 e. The van der Waals surface area contributed by atoms with E-state index in [9.17, 15) is 19.5 Å². The van der Waals surface area contributed by atoms with Crippen LogP contribution in [0.3, 0.4) is 0 Å². The zero-order chi connectivity index (χ0) is 32.7. The number of anilines is 1. The number of aromatic nitrogens is 1. The minimum absolute atomic E-state index is 0.0602. The van der Waals surface area contributed by atoms with Crippen LogP contribution in [0, 0.1) is 0 Å². The van der Waals surface area contributed by atoms with Crippen LogP contribution in [0.15, 0.2) is 61.2 Å². The second-order valence-corrected chi connectivity index (χ2v) is 19.4. The molecule has 0 aliphatic carbocycles. The monoisotopic (exact) mass is 632 g/mol. The average Bonchev–Trinajstić information content (AvgIpc) is 3.61. The van der Waals surface area contributed by atoms with E-state index in [0.717, 1.165) is 28.2 Å². The number of carbonyl (C=O) groups is 3. The van der Waals surface area contributed by atoms with Gasteiger partial charge in [0.25, 0.3) is 0 Å². The lowest BCUT2D eigenvalue weighted by molar-refractivity contribution is -0.152. The summed E-state index contributed by atoms with van der Waals surface area (Å²) in [6, 6.07) is 13.6. The molecule has 2 amide bonds. The fraction of sp³-hybridized carbons (Fsp3) is 0.441. The summed E-state index contributed by atoms with van der Waals surface area (Å²) in [6.45, 7) is 14.9. The first-order valence-corrected chi connectivity index (χ1v) is 19.1. The van der Waals surface area contributed by atoms with Crippen LogP contribution < -0.4 is 10.6 Å². The van der Waals surface area contributed by atoms with Gasteiger partial charge in [-0.05, 0) is 23.7 Å². The van der Waals surface area contributed by atoms with Gasteiger partial charge in [0.1, 0.15) is 23.9 Å². The molecule has 0 saturated carbocycles. The third-order valence-electron chi connectivity index (χ3n) is 9.04. The predicted molar refractivity (Wildman–Crippen MR) is 177 cm³/mol. The van der Waals surface area contributed by atoms with E-state index in [1.165, 1.54) is 12.0 Å². The Morgan fingerprint density at radius 3 is 2.56 bits per heavy atom. The van der Waals surface area contributed by atoms with Crippen molar-refractivity contribution in [1.29, 1.82) is 0 Å². The molecule has 2 aliphatic rings. The van der Waals surface area contributed by atoms with Gasteiger partial charge in [0.05, 0.1) is 13.7 Å².